The third-order valence-electron chi connectivity index (χ3n) is 7.07. The first kappa shape index (κ1) is 23.3. The molecule has 1 N–H and O–H groups in total. The number of ether oxygens (including phenoxy) is 3. The summed E-state index contributed by atoms with van der Waals surface area (Å²) in [7, 11) is 4.69. The lowest BCUT2D eigenvalue weighted by Crippen LogP contribution is -2.40. The highest BCUT2D eigenvalue weighted by Gasteiger charge is 2.46. The maximum atomic E-state index is 13.9. The van der Waals surface area contributed by atoms with Crippen LogP contribution in [0, 0.1) is 11.3 Å². The average molecular weight is 477 g/mol. The zero-order chi connectivity index (χ0) is 24.9. The van der Waals surface area contributed by atoms with E-state index in [0.717, 1.165) is 35.5 Å². The molecule has 3 aliphatic rings. The number of carbonyl (C=O) groups is 2. The van der Waals surface area contributed by atoms with E-state index in [1.807, 2.05) is 41.3 Å². The molecule has 2 aromatic carbocycles. The van der Waals surface area contributed by atoms with Crippen LogP contribution in [0.3, 0.4) is 0 Å². The van der Waals surface area contributed by atoms with Crippen LogP contribution < -0.4 is 24.4 Å². The van der Waals surface area contributed by atoms with Gasteiger partial charge in [0.15, 0.2) is 17.3 Å². The van der Waals surface area contributed by atoms with Crippen molar-refractivity contribution in [2.24, 2.45) is 11.3 Å². The summed E-state index contributed by atoms with van der Waals surface area (Å²) < 4.78 is 16.8. The highest BCUT2D eigenvalue weighted by molar-refractivity contribution is 6.07. The van der Waals surface area contributed by atoms with Gasteiger partial charge in [-0.3, -0.25) is 14.5 Å². The van der Waals surface area contributed by atoms with E-state index < -0.39 is 6.04 Å². The number of rotatable bonds is 5. The second-order valence-electron chi connectivity index (χ2n) is 10.3. The van der Waals surface area contributed by atoms with Gasteiger partial charge in [-0.05, 0) is 54.5 Å². The fraction of sp³-hybridized carbons (Fsp3) is 0.429. The molecule has 7 nitrogen and oxygen atoms in total. The molecule has 1 amide bonds. The maximum absolute atomic E-state index is 13.9. The minimum absolute atomic E-state index is 0.0318. The number of methoxy groups -OCH3 is 3. The lowest BCUT2D eigenvalue weighted by molar-refractivity contribution is -0.120. The number of nitrogens with one attached hydrogen (secondary N) is 1. The van der Waals surface area contributed by atoms with Gasteiger partial charge in [-0.25, -0.2) is 0 Å². The Bertz CT molecular complexity index is 1200. The van der Waals surface area contributed by atoms with E-state index in [4.69, 9.17) is 14.2 Å². The molecule has 1 unspecified atom stereocenters. The van der Waals surface area contributed by atoms with Crippen molar-refractivity contribution in [3.05, 3.63) is 53.2 Å². The molecule has 5 rings (SSSR count). The van der Waals surface area contributed by atoms with E-state index in [1.165, 1.54) is 0 Å². The summed E-state index contributed by atoms with van der Waals surface area (Å²) in [6.07, 6.45) is 2.84. The van der Waals surface area contributed by atoms with Crippen LogP contribution in [0.25, 0.3) is 0 Å². The highest BCUT2D eigenvalue weighted by atomic mass is 16.5. The number of anilines is 2. The molecule has 1 aliphatic heterocycles. The molecule has 0 radical (unpaired) electrons. The highest BCUT2D eigenvalue weighted by Crippen LogP contribution is 2.51. The van der Waals surface area contributed by atoms with Gasteiger partial charge < -0.3 is 19.5 Å². The maximum Gasteiger partial charge on any atom is 0.231 e. The van der Waals surface area contributed by atoms with E-state index in [1.54, 1.807) is 21.3 Å². The molecule has 1 atom stereocenters. The monoisotopic (exact) mass is 476 g/mol. The van der Waals surface area contributed by atoms with Crippen molar-refractivity contribution in [3.8, 4) is 17.2 Å². The number of hydrogen-bond acceptors (Lipinski definition) is 6. The fourth-order valence-electron chi connectivity index (χ4n) is 5.33. The van der Waals surface area contributed by atoms with E-state index in [2.05, 4.69) is 19.2 Å². The molecule has 0 saturated heterocycles. The zero-order valence-corrected chi connectivity index (χ0v) is 20.9. The van der Waals surface area contributed by atoms with Crippen LogP contribution in [-0.4, -0.2) is 33.0 Å². The molecule has 1 saturated carbocycles. The second kappa shape index (κ2) is 8.63. The molecule has 7 heteroatoms. The smallest absolute Gasteiger partial charge is 0.231 e. The molecule has 35 heavy (non-hydrogen) atoms. The summed E-state index contributed by atoms with van der Waals surface area (Å²) in [5.41, 5.74) is 3.64. The zero-order valence-electron chi connectivity index (χ0n) is 20.9. The Morgan fingerprint density at radius 1 is 1.00 bits per heavy atom. The average Bonchev–Trinajstić information content (AvgIpc) is 3.68. The van der Waals surface area contributed by atoms with Crippen LogP contribution >= 0.6 is 0 Å². The number of carbonyl (C=O) groups excluding carboxylic acids is 2. The van der Waals surface area contributed by atoms with E-state index in [9.17, 15) is 9.59 Å². The van der Waals surface area contributed by atoms with Gasteiger partial charge >= 0.3 is 0 Å². The molecule has 0 bridgehead atoms. The molecule has 2 aromatic rings. The predicted molar refractivity (Wildman–Crippen MR) is 134 cm³/mol. The largest absolute Gasteiger partial charge is 0.493 e. The number of fused-ring (bicyclic) bond motifs is 1. The number of nitrogens with zero attached hydrogens (tertiary/aromatic N) is 1. The molecular formula is C28H32N2O5. The summed E-state index contributed by atoms with van der Waals surface area (Å²) in [6.45, 7) is 4.21. The van der Waals surface area contributed by atoms with Crippen LogP contribution in [0.2, 0.25) is 0 Å². The number of hydrogen-bond donors (Lipinski definition) is 1. The van der Waals surface area contributed by atoms with Crippen LogP contribution in [0.15, 0.2) is 47.7 Å². The minimum Gasteiger partial charge on any atom is -0.493 e. The van der Waals surface area contributed by atoms with Crippen LogP contribution in [0.4, 0.5) is 11.4 Å². The topological polar surface area (TPSA) is 77.1 Å². The van der Waals surface area contributed by atoms with E-state index >= 15 is 0 Å². The summed E-state index contributed by atoms with van der Waals surface area (Å²) >= 11 is 0. The number of para-hydroxylation sites is 2. The summed E-state index contributed by atoms with van der Waals surface area (Å²) in [6, 6.07) is 10.9. The minimum atomic E-state index is -0.619. The SMILES string of the molecule is COc1cc(C2C3=C(CC(C)(C)CC3=O)Nc3ccccc3N2C(=O)C2CC2)cc(OC)c1OC. The fourth-order valence-corrected chi connectivity index (χ4v) is 5.33. The van der Waals surface area contributed by atoms with E-state index in [-0.39, 0.29) is 23.0 Å². The van der Waals surface area contributed by atoms with Gasteiger partial charge in [0.1, 0.15) is 0 Å². The molecule has 184 valence electrons. The number of allylic oxidation sites excluding steroid dienone is 1. The first-order valence-electron chi connectivity index (χ1n) is 12.0. The van der Waals surface area contributed by atoms with Gasteiger partial charge in [0.25, 0.3) is 0 Å². The van der Waals surface area contributed by atoms with Crippen molar-refractivity contribution in [1.82, 2.24) is 0 Å². The quantitative estimate of drug-likeness (QED) is 0.634. The second-order valence-corrected chi connectivity index (χ2v) is 10.3. The van der Waals surface area contributed by atoms with Gasteiger partial charge in [-0.15, -0.1) is 0 Å². The lowest BCUT2D eigenvalue weighted by atomic mass is 9.73. The number of Topliss-reactive ketones (excluding diaryl/α,β-unsaturated/α-hetero) is 1. The van der Waals surface area contributed by atoms with Gasteiger partial charge in [0, 0.05) is 23.6 Å². The van der Waals surface area contributed by atoms with Crippen molar-refractivity contribution in [2.75, 3.05) is 31.5 Å². The van der Waals surface area contributed by atoms with Gasteiger partial charge in [-0.2, -0.15) is 0 Å². The first-order chi connectivity index (χ1) is 16.8. The van der Waals surface area contributed by atoms with Crippen molar-refractivity contribution in [3.63, 3.8) is 0 Å². The molecule has 0 spiro atoms. The Morgan fingerprint density at radius 2 is 1.66 bits per heavy atom. The first-order valence-corrected chi connectivity index (χ1v) is 12.0. The Balaban J connectivity index is 1.81. The normalized spacial score (nSPS) is 20.9. The summed E-state index contributed by atoms with van der Waals surface area (Å²) in [5, 5.41) is 3.55. The predicted octanol–water partition coefficient (Wildman–Crippen LogP) is 5.27. The Morgan fingerprint density at radius 3 is 2.26 bits per heavy atom. The molecule has 1 fully saturated rings. The van der Waals surface area contributed by atoms with Crippen molar-refractivity contribution >= 4 is 23.1 Å². The van der Waals surface area contributed by atoms with Crippen molar-refractivity contribution in [2.45, 2.75) is 45.6 Å². The van der Waals surface area contributed by atoms with Crippen LogP contribution in [0.1, 0.15) is 51.1 Å². The van der Waals surface area contributed by atoms with Crippen LogP contribution in [-0.2, 0) is 9.59 Å². The third kappa shape index (κ3) is 4.03. The van der Waals surface area contributed by atoms with Crippen LogP contribution in [0.5, 0.6) is 17.2 Å². The molecule has 0 aromatic heterocycles. The van der Waals surface area contributed by atoms with Gasteiger partial charge in [-0.1, -0.05) is 26.0 Å². The number of benzene rings is 2. The van der Waals surface area contributed by atoms with E-state index in [0.29, 0.717) is 35.7 Å². The summed E-state index contributed by atoms with van der Waals surface area (Å²) in [4.78, 5) is 29.5. The Hall–Kier alpha value is -3.48. The van der Waals surface area contributed by atoms with Gasteiger partial charge in [0.2, 0.25) is 11.7 Å². The summed E-state index contributed by atoms with van der Waals surface area (Å²) in [5.74, 6) is 1.48. The lowest BCUT2D eigenvalue weighted by Gasteiger charge is -2.37. The molecule has 1 heterocycles. The molecular weight excluding hydrogens is 444 g/mol. The Kier molecular flexibility index (Phi) is 5.74. The number of amides is 1. The number of ketones is 1. The standard InChI is InChI=1S/C28H32N2O5/c1-28(2)14-19-24(21(31)15-28)25(17-12-22(33-3)26(35-5)23(13-17)34-4)30(27(32)16-10-11-16)20-9-7-6-8-18(20)29-19/h6-9,12-13,16,25,29H,10-11,14-15H2,1-5H3. The van der Waals surface area contributed by atoms with Gasteiger partial charge in [0.05, 0.1) is 38.7 Å². The molecule has 2 aliphatic carbocycles. The third-order valence-corrected chi connectivity index (χ3v) is 7.07. The van der Waals surface area contributed by atoms with Crippen molar-refractivity contribution < 1.29 is 23.8 Å². The Labute approximate surface area is 206 Å². The van der Waals surface area contributed by atoms with Crippen molar-refractivity contribution in [1.29, 1.82) is 0 Å².